The van der Waals surface area contributed by atoms with Crippen LogP contribution < -0.4 is 0 Å². The molecule has 0 N–H and O–H groups in total. The fraction of sp³-hybridized carbons (Fsp3) is 0.286. The Balaban J connectivity index is 2.08. The van der Waals surface area contributed by atoms with E-state index >= 15 is 0 Å². The van der Waals surface area contributed by atoms with Crippen LogP contribution in [0.2, 0.25) is 0 Å². The van der Waals surface area contributed by atoms with Gasteiger partial charge in [0.1, 0.15) is 11.3 Å². The molecule has 0 saturated carbocycles. The van der Waals surface area contributed by atoms with Crippen molar-refractivity contribution in [1.29, 1.82) is 0 Å². The molecule has 0 aliphatic heterocycles. The highest BCUT2D eigenvalue weighted by Gasteiger charge is 2.12. The number of fused-ring (bicyclic) bond motifs is 1. The summed E-state index contributed by atoms with van der Waals surface area (Å²) in [5, 5.41) is 0. The van der Waals surface area contributed by atoms with E-state index in [0.29, 0.717) is 12.4 Å². The summed E-state index contributed by atoms with van der Waals surface area (Å²) in [6, 6.07) is 3.91. The predicted octanol–water partition coefficient (Wildman–Crippen LogP) is 2.63. The maximum Gasteiger partial charge on any atom is 0.160 e. The average Bonchev–Trinajstić information content (AvgIpc) is 2.79. The second-order valence-electron chi connectivity index (χ2n) is 4.69. The molecule has 3 rings (SSSR count). The molecule has 3 aromatic rings. The molecule has 0 unspecified atom stereocenters. The third-order valence-corrected chi connectivity index (χ3v) is 3.32. The number of pyridine rings is 1. The first kappa shape index (κ1) is 13.0. The van der Waals surface area contributed by atoms with Gasteiger partial charge in [0.15, 0.2) is 5.65 Å². The lowest BCUT2D eigenvalue weighted by molar-refractivity contribution is 0.743. The highest BCUT2D eigenvalue weighted by molar-refractivity contribution is 6.16. The van der Waals surface area contributed by atoms with E-state index in [4.69, 9.17) is 11.6 Å². The SMILES string of the molecule is Cc1cnc(Cn2c(CCl)nc3ccc(C)nc32)cn1. The van der Waals surface area contributed by atoms with Crippen molar-refractivity contribution < 1.29 is 0 Å². The standard InChI is InChI=1S/C14H14ClN5/c1-9-3-4-12-14(18-9)20(13(5-15)19-12)8-11-7-16-10(2)6-17-11/h3-4,6-7H,5,8H2,1-2H3. The highest BCUT2D eigenvalue weighted by Crippen LogP contribution is 2.17. The second-order valence-corrected chi connectivity index (χ2v) is 4.96. The van der Waals surface area contributed by atoms with Gasteiger partial charge < -0.3 is 4.57 Å². The topological polar surface area (TPSA) is 56.5 Å². The van der Waals surface area contributed by atoms with Crippen molar-refractivity contribution in [3.8, 4) is 0 Å². The molecule has 0 spiro atoms. The van der Waals surface area contributed by atoms with Gasteiger partial charge in [0.2, 0.25) is 0 Å². The number of rotatable bonds is 3. The van der Waals surface area contributed by atoms with E-state index in [2.05, 4.69) is 19.9 Å². The molecule has 0 aliphatic rings. The van der Waals surface area contributed by atoms with Gasteiger partial charge in [-0.1, -0.05) is 0 Å². The molecule has 0 fully saturated rings. The zero-order chi connectivity index (χ0) is 14.1. The Morgan fingerprint density at radius 2 is 1.90 bits per heavy atom. The van der Waals surface area contributed by atoms with Crippen LogP contribution in [-0.4, -0.2) is 24.5 Å². The lowest BCUT2D eigenvalue weighted by Crippen LogP contribution is -2.07. The molecule has 0 amide bonds. The molecular formula is C14H14ClN5. The number of hydrogen-bond donors (Lipinski definition) is 0. The summed E-state index contributed by atoms with van der Waals surface area (Å²) < 4.78 is 1.99. The van der Waals surface area contributed by atoms with Gasteiger partial charge in [0, 0.05) is 11.9 Å². The van der Waals surface area contributed by atoms with Crippen LogP contribution >= 0.6 is 11.6 Å². The van der Waals surface area contributed by atoms with Crippen molar-refractivity contribution >= 4 is 22.8 Å². The van der Waals surface area contributed by atoms with Gasteiger partial charge in [0.05, 0.1) is 30.0 Å². The van der Waals surface area contributed by atoms with Crippen LogP contribution in [0.1, 0.15) is 22.9 Å². The summed E-state index contributed by atoms with van der Waals surface area (Å²) in [6.07, 6.45) is 3.53. The maximum absolute atomic E-state index is 5.99. The van der Waals surface area contributed by atoms with Crippen LogP contribution in [0.4, 0.5) is 0 Å². The number of halogens is 1. The lowest BCUT2D eigenvalue weighted by atomic mass is 10.3. The third kappa shape index (κ3) is 2.36. The lowest BCUT2D eigenvalue weighted by Gasteiger charge is -2.06. The van der Waals surface area contributed by atoms with Gasteiger partial charge in [-0.2, -0.15) is 0 Å². The number of alkyl halides is 1. The van der Waals surface area contributed by atoms with Crippen molar-refractivity contribution in [1.82, 2.24) is 24.5 Å². The van der Waals surface area contributed by atoms with E-state index in [0.717, 1.165) is 34.1 Å². The van der Waals surface area contributed by atoms with Gasteiger partial charge in [0.25, 0.3) is 0 Å². The maximum atomic E-state index is 5.99. The van der Waals surface area contributed by atoms with Crippen molar-refractivity contribution in [2.24, 2.45) is 0 Å². The molecule has 3 heterocycles. The minimum Gasteiger partial charge on any atom is -0.306 e. The summed E-state index contributed by atoms with van der Waals surface area (Å²) in [5.41, 5.74) is 4.41. The molecule has 0 saturated heterocycles. The minimum absolute atomic E-state index is 0.342. The van der Waals surface area contributed by atoms with Gasteiger partial charge in [-0.05, 0) is 26.0 Å². The van der Waals surface area contributed by atoms with Crippen LogP contribution in [-0.2, 0) is 12.4 Å². The first-order chi connectivity index (χ1) is 9.67. The molecular weight excluding hydrogens is 274 g/mol. The summed E-state index contributed by atoms with van der Waals surface area (Å²) in [5.74, 6) is 1.14. The summed E-state index contributed by atoms with van der Waals surface area (Å²) in [4.78, 5) is 17.7. The number of imidazole rings is 1. The van der Waals surface area contributed by atoms with Crippen molar-refractivity contribution in [3.05, 3.63) is 47.4 Å². The zero-order valence-electron chi connectivity index (χ0n) is 11.3. The Morgan fingerprint density at radius 3 is 2.60 bits per heavy atom. The van der Waals surface area contributed by atoms with E-state index in [9.17, 15) is 0 Å². The Labute approximate surface area is 121 Å². The Hall–Kier alpha value is -2.01. The van der Waals surface area contributed by atoms with Crippen molar-refractivity contribution in [3.63, 3.8) is 0 Å². The van der Waals surface area contributed by atoms with Crippen LogP contribution in [0.15, 0.2) is 24.5 Å². The molecule has 0 bridgehead atoms. The molecule has 5 nitrogen and oxygen atoms in total. The van der Waals surface area contributed by atoms with Gasteiger partial charge in [-0.25, -0.2) is 9.97 Å². The average molecular weight is 288 g/mol. The molecule has 0 atom stereocenters. The van der Waals surface area contributed by atoms with Crippen LogP contribution in [0.3, 0.4) is 0 Å². The fourth-order valence-corrected chi connectivity index (χ4v) is 2.28. The van der Waals surface area contributed by atoms with E-state index in [1.807, 2.05) is 30.5 Å². The molecule has 0 radical (unpaired) electrons. The summed E-state index contributed by atoms with van der Waals surface area (Å²) >= 11 is 5.99. The molecule has 3 aromatic heterocycles. The van der Waals surface area contributed by atoms with Crippen LogP contribution in [0, 0.1) is 13.8 Å². The number of aromatic nitrogens is 5. The molecule has 102 valence electrons. The largest absolute Gasteiger partial charge is 0.306 e. The monoisotopic (exact) mass is 287 g/mol. The second kappa shape index (κ2) is 5.17. The van der Waals surface area contributed by atoms with Crippen molar-refractivity contribution in [2.45, 2.75) is 26.3 Å². The van der Waals surface area contributed by atoms with Gasteiger partial charge in [-0.3, -0.25) is 9.97 Å². The zero-order valence-corrected chi connectivity index (χ0v) is 12.1. The van der Waals surface area contributed by atoms with E-state index in [-0.39, 0.29) is 0 Å². The van der Waals surface area contributed by atoms with Crippen molar-refractivity contribution in [2.75, 3.05) is 0 Å². The first-order valence-electron chi connectivity index (χ1n) is 6.33. The minimum atomic E-state index is 0.342. The Kier molecular flexibility index (Phi) is 3.36. The fourth-order valence-electron chi connectivity index (χ4n) is 2.07. The predicted molar refractivity (Wildman–Crippen MR) is 77.7 cm³/mol. The summed E-state index contributed by atoms with van der Waals surface area (Å²) in [6.45, 7) is 4.45. The normalized spacial score (nSPS) is 11.2. The Bertz CT molecular complexity index is 748. The molecule has 6 heteroatoms. The van der Waals surface area contributed by atoms with Crippen LogP contribution in [0.25, 0.3) is 11.2 Å². The molecule has 20 heavy (non-hydrogen) atoms. The summed E-state index contributed by atoms with van der Waals surface area (Å²) in [7, 11) is 0. The highest BCUT2D eigenvalue weighted by atomic mass is 35.5. The van der Waals surface area contributed by atoms with Crippen LogP contribution in [0.5, 0.6) is 0 Å². The quantitative estimate of drug-likeness (QED) is 0.695. The first-order valence-corrected chi connectivity index (χ1v) is 6.87. The Morgan fingerprint density at radius 1 is 1.05 bits per heavy atom. The third-order valence-electron chi connectivity index (χ3n) is 3.08. The van der Waals surface area contributed by atoms with E-state index < -0.39 is 0 Å². The van der Waals surface area contributed by atoms with Gasteiger partial charge >= 0.3 is 0 Å². The molecule has 0 aromatic carbocycles. The smallest absolute Gasteiger partial charge is 0.160 e. The number of aryl methyl sites for hydroxylation is 2. The van der Waals surface area contributed by atoms with Gasteiger partial charge in [-0.15, -0.1) is 11.6 Å². The van der Waals surface area contributed by atoms with E-state index in [1.165, 1.54) is 0 Å². The van der Waals surface area contributed by atoms with E-state index in [1.54, 1.807) is 12.4 Å². The number of hydrogen-bond acceptors (Lipinski definition) is 4. The molecule has 0 aliphatic carbocycles. The number of nitrogens with zero attached hydrogens (tertiary/aromatic N) is 5.